The number of aromatic nitrogens is 1. The van der Waals surface area contributed by atoms with Gasteiger partial charge in [-0.2, -0.15) is 0 Å². The molecular weight excluding hydrogens is 393 g/mol. The third kappa shape index (κ3) is 4.76. The summed E-state index contributed by atoms with van der Waals surface area (Å²) in [4.78, 5) is 29.8. The zero-order chi connectivity index (χ0) is 18.6. The molecule has 1 N–H and O–H groups in total. The summed E-state index contributed by atoms with van der Waals surface area (Å²) in [6, 6.07) is 6.32. The summed E-state index contributed by atoms with van der Waals surface area (Å²) >= 11 is 3.20. The van der Waals surface area contributed by atoms with Gasteiger partial charge in [-0.05, 0) is 53.2 Å². The Labute approximate surface area is 153 Å². The number of likely N-dealkylation sites (N-methyl/N-ethyl adjacent to an activating group) is 1. The first kappa shape index (κ1) is 18.9. The number of carbonyl (C=O) groups excluding carboxylic acids is 2. The number of ether oxygens (including phenoxy) is 1. The zero-order valence-electron chi connectivity index (χ0n) is 13.9. The van der Waals surface area contributed by atoms with Gasteiger partial charge in [-0.25, -0.2) is 9.37 Å². The summed E-state index contributed by atoms with van der Waals surface area (Å²) in [5.74, 6) is -0.789. The zero-order valence-corrected chi connectivity index (χ0v) is 15.5. The minimum absolute atomic E-state index is 0.0526. The monoisotopic (exact) mass is 409 g/mol. The van der Waals surface area contributed by atoms with Crippen LogP contribution in [-0.4, -0.2) is 41.8 Å². The topological polar surface area (TPSA) is 71.5 Å². The van der Waals surface area contributed by atoms with Gasteiger partial charge < -0.3 is 15.0 Å². The van der Waals surface area contributed by atoms with Crippen LogP contribution in [0.3, 0.4) is 0 Å². The van der Waals surface area contributed by atoms with E-state index in [-0.39, 0.29) is 17.4 Å². The second-order valence-corrected chi connectivity index (χ2v) is 6.32. The molecule has 0 saturated heterocycles. The second-order valence-electron chi connectivity index (χ2n) is 5.46. The summed E-state index contributed by atoms with van der Waals surface area (Å²) in [5.41, 5.74) is 0.164. The second kappa shape index (κ2) is 8.06. The SMILES string of the molecule is CC(NC(=O)c1cccnc1Oc1ccc(F)cc1Br)C(=O)N(C)C. The standard InChI is InChI=1S/C17H17BrFN3O3/c1-10(17(24)22(2)3)21-15(23)12-5-4-8-20-16(12)25-14-7-6-11(19)9-13(14)18/h4-10H,1-3H3,(H,21,23). The molecule has 1 aromatic heterocycles. The molecule has 2 amide bonds. The molecule has 6 nitrogen and oxygen atoms in total. The molecule has 1 atom stereocenters. The van der Waals surface area contributed by atoms with Crippen molar-refractivity contribution in [1.82, 2.24) is 15.2 Å². The molecule has 1 heterocycles. The van der Waals surface area contributed by atoms with Crippen molar-refractivity contribution in [1.29, 1.82) is 0 Å². The van der Waals surface area contributed by atoms with Gasteiger partial charge in [-0.15, -0.1) is 0 Å². The number of nitrogens with one attached hydrogen (secondary N) is 1. The van der Waals surface area contributed by atoms with Crippen LogP contribution in [0.15, 0.2) is 41.0 Å². The maximum Gasteiger partial charge on any atom is 0.257 e. The van der Waals surface area contributed by atoms with E-state index >= 15 is 0 Å². The number of hydrogen-bond acceptors (Lipinski definition) is 4. The van der Waals surface area contributed by atoms with Gasteiger partial charge in [0.2, 0.25) is 11.8 Å². The lowest BCUT2D eigenvalue weighted by molar-refractivity contribution is -0.130. The molecule has 1 unspecified atom stereocenters. The van der Waals surface area contributed by atoms with Gasteiger partial charge in [0, 0.05) is 20.3 Å². The minimum Gasteiger partial charge on any atom is -0.437 e. The first-order chi connectivity index (χ1) is 11.8. The molecule has 0 aliphatic rings. The Bertz CT molecular complexity index is 798. The van der Waals surface area contributed by atoms with E-state index in [0.29, 0.717) is 10.2 Å². The summed E-state index contributed by atoms with van der Waals surface area (Å²) in [5, 5.41) is 2.61. The Morgan fingerprint density at radius 1 is 1.32 bits per heavy atom. The molecule has 0 aliphatic heterocycles. The van der Waals surface area contributed by atoms with Gasteiger partial charge in [-0.1, -0.05) is 0 Å². The van der Waals surface area contributed by atoms with Crippen LogP contribution in [-0.2, 0) is 4.79 Å². The van der Waals surface area contributed by atoms with Gasteiger partial charge in [0.1, 0.15) is 23.2 Å². The van der Waals surface area contributed by atoms with Crippen LogP contribution in [0.1, 0.15) is 17.3 Å². The molecule has 8 heteroatoms. The fourth-order valence-electron chi connectivity index (χ4n) is 2.03. The number of amides is 2. The lowest BCUT2D eigenvalue weighted by atomic mass is 10.2. The highest BCUT2D eigenvalue weighted by Crippen LogP contribution is 2.30. The molecule has 0 radical (unpaired) electrons. The van der Waals surface area contributed by atoms with E-state index in [1.807, 2.05) is 0 Å². The molecule has 1 aromatic carbocycles. The van der Waals surface area contributed by atoms with Crippen molar-refractivity contribution in [2.45, 2.75) is 13.0 Å². The Kier molecular flexibility index (Phi) is 6.08. The molecule has 0 fully saturated rings. The predicted molar refractivity (Wildman–Crippen MR) is 94.0 cm³/mol. The normalized spacial score (nSPS) is 11.6. The molecule has 0 bridgehead atoms. The molecule has 2 rings (SSSR count). The molecule has 25 heavy (non-hydrogen) atoms. The lowest BCUT2D eigenvalue weighted by Gasteiger charge is -2.18. The van der Waals surface area contributed by atoms with Crippen molar-refractivity contribution in [3.05, 3.63) is 52.4 Å². The van der Waals surface area contributed by atoms with E-state index in [2.05, 4.69) is 26.2 Å². The van der Waals surface area contributed by atoms with Crippen molar-refractivity contribution in [2.24, 2.45) is 0 Å². The van der Waals surface area contributed by atoms with Crippen LogP contribution in [0, 0.1) is 5.82 Å². The van der Waals surface area contributed by atoms with Gasteiger partial charge in [0.25, 0.3) is 5.91 Å². The molecule has 2 aromatic rings. The van der Waals surface area contributed by atoms with E-state index in [1.54, 1.807) is 27.1 Å². The number of benzene rings is 1. The van der Waals surface area contributed by atoms with E-state index in [9.17, 15) is 14.0 Å². The van der Waals surface area contributed by atoms with Crippen molar-refractivity contribution in [2.75, 3.05) is 14.1 Å². The summed E-state index contributed by atoms with van der Waals surface area (Å²) in [6.07, 6.45) is 1.47. The maximum absolute atomic E-state index is 13.2. The number of pyridine rings is 1. The van der Waals surface area contributed by atoms with E-state index in [1.165, 1.54) is 35.4 Å². The first-order valence-corrected chi connectivity index (χ1v) is 8.19. The van der Waals surface area contributed by atoms with Gasteiger partial charge >= 0.3 is 0 Å². The van der Waals surface area contributed by atoms with Crippen molar-refractivity contribution < 1.29 is 18.7 Å². The van der Waals surface area contributed by atoms with E-state index in [4.69, 9.17) is 4.74 Å². The van der Waals surface area contributed by atoms with Crippen LogP contribution in [0.25, 0.3) is 0 Å². The number of hydrogen-bond donors (Lipinski definition) is 1. The summed E-state index contributed by atoms with van der Waals surface area (Å²) in [6.45, 7) is 1.59. The molecule has 0 aliphatic carbocycles. The van der Waals surface area contributed by atoms with E-state index < -0.39 is 17.8 Å². The van der Waals surface area contributed by atoms with Crippen LogP contribution in [0.4, 0.5) is 4.39 Å². The average molecular weight is 410 g/mol. The average Bonchev–Trinajstić information content (AvgIpc) is 2.56. The van der Waals surface area contributed by atoms with Crippen LogP contribution in [0.5, 0.6) is 11.6 Å². The summed E-state index contributed by atoms with van der Waals surface area (Å²) < 4.78 is 19.2. The quantitative estimate of drug-likeness (QED) is 0.823. The van der Waals surface area contributed by atoms with Crippen molar-refractivity contribution in [3.8, 4) is 11.6 Å². The third-order valence-electron chi connectivity index (χ3n) is 3.28. The molecule has 0 spiro atoms. The predicted octanol–water partition coefficient (Wildman–Crippen LogP) is 2.98. The molecule has 0 saturated carbocycles. The van der Waals surface area contributed by atoms with Crippen LogP contribution < -0.4 is 10.1 Å². The lowest BCUT2D eigenvalue weighted by Crippen LogP contribution is -2.44. The molecule has 132 valence electrons. The maximum atomic E-state index is 13.2. The number of carbonyl (C=O) groups is 2. The highest BCUT2D eigenvalue weighted by Gasteiger charge is 2.21. The Balaban J connectivity index is 2.22. The van der Waals surface area contributed by atoms with Gasteiger partial charge in [-0.3, -0.25) is 9.59 Å². The fraction of sp³-hybridized carbons (Fsp3) is 0.235. The summed E-state index contributed by atoms with van der Waals surface area (Å²) in [7, 11) is 3.21. The Morgan fingerprint density at radius 3 is 2.68 bits per heavy atom. The van der Waals surface area contributed by atoms with Gasteiger partial charge in [0.05, 0.1) is 4.47 Å². The van der Waals surface area contributed by atoms with Gasteiger partial charge in [0.15, 0.2) is 0 Å². The van der Waals surface area contributed by atoms with Crippen LogP contribution >= 0.6 is 15.9 Å². The third-order valence-corrected chi connectivity index (χ3v) is 3.89. The van der Waals surface area contributed by atoms with E-state index in [0.717, 1.165) is 0 Å². The fourth-order valence-corrected chi connectivity index (χ4v) is 2.46. The van der Waals surface area contributed by atoms with Crippen molar-refractivity contribution >= 4 is 27.7 Å². The number of rotatable bonds is 5. The first-order valence-electron chi connectivity index (χ1n) is 7.39. The van der Waals surface area contributed by atoms with Crippen molar-refractivity contribution in [3.63, 3.8) is 0 Å². The smallest absolute Gasteiger partial charge is 0.257 e. The van der Waals surface area contributed by atoms with Crippen LogP contribution in [0.2, 0.25) is 0 Å². The molecular formula is C17H17BrFN3O3. The number of halogens is 2. The largest absolute Gasteiger partial charge is 0.437 e. The minimum atomic E-state index is -0.701. The highest BCUT2D eigenvalue weighted by molar-refractivity contribution is 9.10. The highest BCUT2D eigenvalue weighted by atomic mass is 79.9. The Morgan fingerprint density at radius 2 is 2.04 bits per heavy atom. The number of nitrogens with zero attached hydrogens (tertiary/aromatic N) is 2. The Hall–Kier alpha value is -2.48.